The second kappa shape index (κ2) is 7.78. The first-order valence-electron chi connectivity index (χ1n) is 6.91. The van der Waals surface area contributed by atoms with Crippen molar-refractivity contribution in [3.63, 3.8) is 0 Å². The van der Waals surface area contributed by atoms with E-state index in [1.165, 1.54) is 6.92 Å². The van der Waals surface area contributed by atoms with Crippen LogP contribution in [-0.4, -0.2) is 23.3 Å². The molecule has 0 fully saturated rings. The summed E-state index contributed by atoms with van der Waals surface area (Å²) in [5.74, 6) is -0.230. The van der Waals surface area contributed by atoms with Crippen LogP contribution in [0, 0.1) is 0 Å². The minimum Gasteiger partial charge on any atom is -0.376 e. The van der Waals surface area contributed by atoms with Gasteiger partial charge in [0.25, 0.3) is 0 Å². The monoisotopic (exact) mass is 298 g/mol. The third-order valence-corrected chi connectivity index (χ3v) is 2.85. The summed E-state index contributed by atoms with van der Waals surface area (Å²) in [6, 6.07) is 12.7. The maximum Gasteiger partial charge on any atom is 0.239 e. The van der Waals surface area contributed by atoms with Crippen LogP contribution in [-0.2, 0) is 16.1 Å². The number of rotatable bonds is 6. The minimum atomic E-state index is -0.116. The fourth-order valence-electron chi connectivity index (χ4n) is 1.81. The van der Waals surface area contributed by atoms with Crippen molar-refractivity contribution in [1.29, 1.82) is 0 Å². The molecular formula is C16H18N4O2. The Hall–Kier alpha value is -2.89. The lowest BCUT2D eigenvalue weighted by molar-refractivity contribution is -0.119. The molecule has 1 aromatic heterocycles. The van der Waals surface area contributed by atoms with Gasteiger partial charge in [-0.05, 0) is 36.4 Å². The molecule has 22 heavy (non-hydrogen) atoms. The third-order valence-electron chi connectivity index (χ3n) is 2.85. The van der Waals surface area contributed by atoms with E-state index in [4.69, 9.17) is 0 Å². The van der Waals surface area contributed by atoms with Crippen LogP contribution in [0.4, 0.5) is 11.4 Å². The van der Waals surface area contributed by atoms with Crippen molar-refractivity contribution in [1.82, 2.24) is 10.3 Å². The van der Waals surface area contributed by atoms with E-state index in [9.17, 15) is 9.59 Å². The topological polar surface area (TPSA) is 83.1 Å². The van der Waals surface area contributed by atoms with Gasteiger partial charge >= 0.3 is 0 Å². The fraction of sp³-hybridized carbons (Fsp3) is 0.188. The molecule has 6 nitrogen and oxygen atoms in total. The summed E-state index contributed by atoms with van der Waals surface area (Å²) in [5, 5.41) is 8.48. The van der Waals surface area contributed by atoms with E-state index in [2.05, 4.69) is 20.9 Å². The Kier molecular flexibility index (Phi) is 5.48. The lowest BCUT2D eigenvalue weighted by atomic mass is 10.2. The third kappa shape index (κ3) is 5.24. The van der Waals surface area contributed by atoms with E-state index in [0.717, 1.165) is 17.1 Å². The molecule has 2 amide bonds. The van der Waals surface area contributed by atoms with Gasteiger partial charge in [0.2, 0.25) is 11.8 Å². The number of nitrogens with zero attached hydrogens (tertiary/aromatic N) is 1. The molecule has 0 unspecified atom stereocenters. The van der Waals surface area contributed by atoms with Crippen molar-refractivity contribution >= 4 is 23.2 Å². The summed E-state index contributed by atoms with van der Waals surface area (Å²) in [5.41, 5.74) is 2.34. The molecule has 114 valence electrons. The lowest BCUT2D eigenvalue weighted by Crippen LogP contribution is -2.29. The smallest absolute Gasteiger partial charge is 0.239 e. The van der Waals surface area contributed by atoms with Crippen molar-refractivity contribution in [2.45, 2.75) is 13.5 Å². The summed E-state index contributed by atoms with van der Waals surface area (Å²) in [6.07, 6.45) is 1.69. The van der Waals surface area contributed by atoms with Crippen molar-refractivity contribution in [2.75, 3.05) is 17.2 Å². The zero-order chi connectivity index (χ0) is 15.8. The average molecular weight is 298 g/mol. The molecule has 1 heterocycles. The maximum atomic E-state index is 11.7. The van der Waals surface area contributed by atoms with Gasteiger partial charge in [-0.1, -0.05) is 6.07 Å². The standard InChI is InChI=1S/C16H18N4O2/c1-12(21)20-14-7-5-13(6-8-14)18-11-16(22)19-10-15-4-2-3-9-17-15/h2-9,18H,10-11H2,1H3,(H,19,22)(H,20,21). The largest absolute Gasteiger partial charge is 0.376 e. The molecule has 2 aromatic rings. The van der Waals surface area contributed by atoms with Gasteiger partial charge < -0.3 is 16.0 Å². The maximum absolute atomic E-state index is 11.7. The number of nitrogens with one attached hydrogen (secondary N) is 3. The molecule has 0 atom stereocenters. The second-order valence-electron chi connectivity index (χ2n) is 4.71. The van der Waals surface area contributed by atoms with Crippen molar-refractivity contribution in [3.05, 3.63) is 54.4 Å². The highest BCUT2D eigenvalue weighted by atomic mass is 16.2. The molecule has 0 spiro atoms. The zero-order valence-electron chi connectivity index (χ0n) is 12.3. The number of hydrogen-bond donors (Lipinski definition) is 3. The Balaban J connectivity index is 1.75. The highest BCUT2D eigenvalue weighted by molar-refractivity contribution is 5.88. The predicted molar refractivity (Wildman–Crippen MR) is 85.3 cm³/mol. The number of pyridine rings is 1. The normalized spacial score (nSPS) is 9.86. The molecule has 0 aliphatic rings. The summed E-state index contributed by atoms with van der Waals surface area (Å²) in [6.45, 7) is 2.03. The first-order chi connectivity index (χ1) is 10.6. The summed E-state index contributed by atoms with van der Waals surface area (Å²) in [4.78, 5) is 26.8. The quantitative estimate of drug-likeness (QED) is 0.759. The van der Waals surface area contributed by atoms with Gasteiger partial charge in [0, 0.05) is 24.5 Å². The van der Waals surface area contributed by atoms with E-state index in [1.807, 2.05) is 18.2 Å². The number of carbonyl (C=O) groups is 2. The fourth-order valence-corrected chi connectivity index (χ4v) is 1.81. The highest BCUT2D eigenvalue weighted by Gasteiger charge is 2.02. The first-order valence-corrected chi connectivity index (χ1v) is 6.91. The number of aromatic nitrogens is 1. The molecule has 0 radical (unpaired) electrons. The molecule has 0 aliphatic heterocycles. The molecule has 0 bridgehead atoms. The SMILES string of the molecule is CC(=O)Nc1ccc(NCC(=O)NCc2ccccn2)cc1. The Morgan fingerprint density at radius 3 is 2.41 bits per heavy atom. The molecule has 0 saturated heterocycles. The van der Waals surface area contributed by atoms with Gasteiger partial charge in [-0.2, -0.15) is 0 Å². The van der Waals surface area contributed by atoms with Crippen molar-refractivity contribution in [2.24, 2.45) is 0 Å². The Bertz CT molecular complexity index is 626. The van der Waals surface area contributed by atoms with Gasteiger partial charge in [0.15, 0.2) is 0 Å². The van der Waals surface area contributed by atoms with Gasteiger partial charge in [-0.25, -0.2) is 0 Å². The molecule has 2 rings (SSSR count). The van der Waals surface area contributed by atoms with Gasteiger partial charge in [0.05, 0.1) is 18.8 Å². The zero-order valence-corrected chi connectivity index (χ0v) is 12.3. The van der Waals surface area contributed by atoms with Gasteiger partial charge in [-0.15, -0.1) is 0 Å². The Morgan fingerprint density at radius 1 is 1.05 bits per heavy atom. The van der Waals surface area contributed by atoms with E-state index < -0.39 is 0 Å². The molecule has 0 saturated carbocycles. The van der Waals surface area contributed by atoms with E-state index >= 15 is 0 Å². The Morgan fingerprint density at radius 2 is 1.77 bits per heavy atom. The first kappa shape index (κ1) is 15.5. The second-order valence-corrected chi connectivity index (χ2v) is 4.71. The van der Waals surface area contributed by atoms with Crippen LogP contribution in [0.3, 0.4) is 0 Å². The van der Waals surface area contributed by atoms with Crippen LogP contribution in [0.1, 0.15) is 12.6 Å². The molecule has 3 N–H and O–H groups in total. The Labute approximate surface area is 129 Å². The molecule has 1 aromatic carbocycles. The predicted octanol–water partition coefficient (Wildman–Crippen LogP) is 1.77. The highest BCUT2D eigenvalue weighted by Crippen LogP contribution is 2.13. The molecular weight excluding hydrogens is 280 g/mol. The van der Waals surface area contributed by atoms with E-state index in [-0.39, 0.29) is 18.4 Å². The number of benzene rings is 1. The lowest BCUT2D eigenvalue weighted by Gasteiger charge is -2.08. The van der Waals surface area contributed by atoms with E-state index in [0.29, 0.717) is 6.54 Å². The number of carbonyl (C=O) groups excluding carboxylic acids is 2. The van der Waals surface area contributed by atoms with Crippen LogP contribution < -0.4 is 16.0 Å². The van der Waals surface area contributed by atoms with Crippen LogP contribution >= 0.6 is 0 Å². The minimum absolute atomic E-state index is 0.114. The summed E-state index contributed by atoms with van der Waals surface area (Å²) in [7, 11) is 0. The molecule has 0 aliphatic carbocycles. The average Bonchev–Trinajstić information content (AvgIpc) is 2.53. The van der Waals surface area contributed by atoms with Crippen molar-refractivity contribution < 1.29 is 9.59 Å². The van der Waals surface area contributed by atoms with Crippen LogP contribution in [0.25, 0.3) is 0 Å². The van der Waals surface area contributed by atoms with E-state index in [1.54, 1.807) is 30.5 Å². The van der Waals surface area contributed by atoms with Crippen LogP contribution in [0.15, 0.2) is 48.7 Å². The van der Waals surface area contributed by atoms with Gasteiger partial charge in [-0.3, -0.25) is 14.6 Å². The van der Waals surface area contributed by atoms with Crippen LogP contribution in [0.2, 0.25) is 0 Å². The summed E-state index contributed by atoms with van der Waals surface area (Å²) < 4.78 is 0. The molecule has 6 heteroatoms. The number of amides is 2. The number of hydrogen-bond acceptors (Lipinski definition) is 4. The van der Waals surface area contributed by atoms with Crippen molar-refractivity contribution in [3.8, 4) is 0 Å². The summed E-state index contributed by atoms with van der Waals surface area (Å²) >= 11 is 0. The number of anilines is 2. The van der Waals surface area contributed by atoms with Gasteiger partial charge in [0.1, 0.15) is 0 Å². The van der Waals surface area contributed by atoms with Crippen LogP contribution in [0.5, 0.6) is 0 Å².